The topological polar surface area (TPSA) is 106 Å². The Morgan fingerprint density at radius 3 is 1.82 bits per heavy atom. The zero-order valence-corrected chi connectivity index (χ0v) is 9.21. The molecule has 1 aromatic rings. The van der Waals surface area contributed by atoms with E-state index >= 15 is 0 Å². The van der Waals surface area contributed by atoms with Crippen LogP contribution in [0.25, 0.3) is 0 Å². The van der Waals surface area contributed by atoms with E-state index in [4.69, 9.17) is 10.2 Å². The second-order valence-corrected chi connectivity index (χ2v) is 3.03. The molecule has 0 spiro atoms. The molecule has 0 amide bonds. The number of rotatable bonds is 3. The molecular formula is C10H11NO6. The van der Waals surface area contributed by atoms with Crippen molar-refractivity contribution < 1.29 is 29.3 Å². The minimum atomic E-state index is -1.83. The minimum Gasteiger partial charge on any atom is -0.464 e. The molecule has 0 radical (unpaired) electrons. The van der Waals surface area contributed by atoms with Gasteiger partial charge in [0.05, 0.1) is 14.2 Å². The smallest absolute Gasteiger partial charge is 0.356 e. The zero-order chi connectivity index (χ0) is 13.0. The van der Waals surface area contributed by atoms with Crippen LogP contribution >= 0.6 is 0 Å². The van der Waals surface area contributed by atoms with E-state index in [1.807, 2.05) is 0 Å². The number of nitrogens with zero attached hydrogens (tertiary/aromatic N) is 1. The fourth-order valence-corrected chi connectivity index (χ4v) is 1.12. The van der Waals surface area contributed by atoms with Crippen LogP contribution in [0.5, 0.6) is 0 Å². The summed E-state index contributed by atoms with van der Waals surface area (Å²) in [6.07, 6.45) is -1.83. The van der Waals surface area contributed by atoms with E-state index in [0.29, 0.717) is 0 Å². The number of aromatic nitrogens is 1. The molecule has 1 rings (SSSR count). The van der Waals surface area contributed by atoms with Crippen molar-refractivity contribution in [1.29, 1.82) is 0 Å². The Bertz CT molecular complexity index is 408. The lowest BCUT2D eigenvalue weighted by molar-refractivity contribution is -0.0426. The molecule has 0 fully saturated rings. The summed E-state index contributed by atoms with van der Waals surface area (Å²) in [5, 5.41) is 18.0. The molecule has 1 heterocycles. The number of aliphatic hydroxyl groups is 2. The molecule has 0 bridgehead atoms. The quantitative estimate of drug-likeness (QED) is 0.549. The monoisotopic (exact) mass is 241 g/mol. The Morgan fingerprint density at radius 2 is 1.53 bits per heavy atom. The average molecular weight is 241 g/mol. The number of hydrogen-bond donors (Lipinski definition) is 2. The first-order chi connectivity index (χ1) is 7.99. The lowest BCUT2D eigenvalue weighted by atomic mass is 10.2. The van der Waals surface area contributed by atoms with Gasteiger partial charge in [0.15, 0.2) is 6.29 Å². The molecule has 0 aliphatic rings. The molecule has 0 saturated carbocycles. The molecule has 2 N–H and O–H groups in total. The largest absolute Gasteiger partial charge is 0.464 e. The maximum atomic E-state index is 11.3. The highest BCUT2D eigenvalue weighted by molar-refractivity contribution is 5.91. The minimum absolute atomic E-state index is 0.0548. The van der Waals surface area contributed by atoms with Gasteiger partial charge in [0, 0.05) is 5.56 Å². The van der Waals surface area contributed by atoms with Crippen LogP contribution in [0.4, 0.5) is 0 Å². The number of carbonyl (C=O) groups is 2. The highest BCUT2D eigenvalue weighted by atomic mass is 16.5. The molecule has 0 aromatic carbocycles. The van der Waals surface area contributed by atoms with Crippen molar-refractivity contribution in [1.82, 2.24) is 4.98 Å². The first kappa shape index (κ1) is 13.1. The van der Waals surface area contributed by atoms with Crippen molar-refractivity contribution in [3.8, 4) is 0 Å². The van der Waals surface area contributed by atoms with E-state index in [2.05, 4.69) is 14.5 Å². The number of ether oxygens (including phenoxy) is 2. The molecule has 7 nitrogen and oxygen atoms in total. The summed E-state index contributed by atoms with van der Waals surface area (Å²) in [6, 6.07) is 2.23. The van der Waals surface area contributed by atoms with E-state index in [-0.39, 0.29) is 17.0 Å². The van der Waals surface area contributed by atoms with E-state index in [9.17, 15) is 9.59 Å². The van der Waals surface area contributed by atoms with Crippen molar-refractivity contribution in [2.45, 2.75) is 6.29 Å². The van der Waals surface area contributed by atoms with Gasteiger partial charge in [-0.2, -0.15) is 0 Å². The Hall–Kier alpha value is -1.99. The molecule has 17 heavy (non-hydrogen) atoms. The van der Waals surface area contributed by atoms with Crippen LogP contribution in [0.3, 0.4) is 0 Å². The average Bonchev–Trinajstić information content (AvgIpc) is 2.36. The van der Waals surface area contributed by atoms with Crippen molar-refractivity contribution in [2.75, 3.05) is 14.2 Å². The number of aliphatic hydroxyl groups excluding tert-OH is 1. The summed E-state index contributed by atoms with van der Waals surface area (Å²) in [4.78, 5) is 26.2. The van der Waals surface area contributed by atoms with E-state index in [1.165, 1.54) is 0 Å². The third-order valence-corrected chi connectivity index (χ3v) is 1.93. The van der Waals surface area contributed by atoms with Gasteiger partial charge >= 0.3 is 11.9 Å². The van der Waals surface area contributed by atoms with Crippen LogP contribution in [0.1, 0.15) is 32.8 Å². The van der Waals surface area contributed by atoms with Gasteiger partial charge in [0.1, 0.15) is 11.4 Å². The van der Waals surface area contributed by atoms with Gasteiger partial charge in [0.2, 0.25) is 0 Å². The van der Waals surface area contributed by atoms with Gasteiger partial charge < -0.3 is 19.7 Å². The fraction of sp³-hybridized carbons (Fsp3) is 0.300. The van der Waals surface area contributed by atoms with Crippen LogP contribution in [-0.2, 0) is 9.47 Å². The van der Waals surface area contributed by atoms with Crippen molar-refractivity contribution in [2.24, 2.45) is 0 Å². The Balaban J connectivity index is 3.28. The van der Waals surface area contributed by atoms with Crippen LogP contribution in [0, 0.1) is 0 Å². The van der Waals surface area contributed by atoms with Crippen LogP contribution in [-0.4, -0.2) is 41.4 Å². The third kappa shape index (κ3) is 2.99. The van der Waals surface area contributed by atoms with Crippen molar-refractivity contribution >= 4 is 11.9 Å². The van der Waals surface area contributed by atoms with Crippen molar-refractivity contribution in [3.63, 3.8) is 0 Å². The van der Waals surface area contributed by atoms with E-state index in [0.717, 1.165) is 26.4 Å². The standard InChI is InChI=1S/C10H11NO6/c1-16-9(14)6-3-5(8(12)13)4-7(11-6)10(15)17-2/h3-4,8,12-13H,1-2H3. The maximum absolute atomic E-state index is 11.3. The number of methoxy groups -OCH3 is 2. The second-order valence-electron chi connectivity index (χ2n) is 3.03. The SMILES string of the molecule is COC(=O)c1cc(C(O)O)cc(C(=O)OC)n1. The van der Waals surface area contributed by atoms with E-state index in [1.54, 1.807) is 0 Å². The van der Waals surface area contributed by atoms with Gasteiger partial charge in [-0.05, 0) is 12.1 Å². The van der Waals surface area contributed by atoms with Gasteiger partial charge in [-0.25, -0.2) is 14.6 Å². The summed E-state index contributed by atoms with van der Waals surface area (Å²) >= 11 is 0. The second kappa shape index (κ2) is 5.37. The van der Waals surface area contributed by atoms with Gasteiger partial charge in [-0.15, -0.1) is 0 Å². The normalized spacial score (nSPS) is 10.2. The highest BCUT2D eigenvalue weighted by Gasteiger charge is 2.17. The maximum Gasteiger partial charge on any atom is 0.356 e. The first-order valence-electron chi connectivity index (χ1n) is 4.54. The first-order valence-corrected chi connectivity index (χ1v) is 4.54. The summed E-state index contributed by atoms with van der Waals surface area (Å²) < 4.78 is 8.85. The van der Waals surface area contributed by atoms with Crippen LogP contribution < -0.4 is 0 Å². The van der Waals surface area contributed by atoms with Crippen LogP contribution in [0.2, 0.25) is 0 Å². The molecular weight excluding hydrogens is 230 g/mol. The van der Waals surface area contributed by atoms with Gasteiger partial charge in [-0.3, -0.25) is 0 Å². The molecule has 0 aliphatic carbocycles. The molecule has 92 valence electrons. The summed E-state index contributed by atoms with van der Waals surface area (Å²) in [5.41, 5.74) is -0.474. The van der Waals surface area contributed by atoms with Crippen LogP contribution in [0.15, 0.2) is 12.1 Å². The molecule has 0 unspecified atom stereocenters. The zero-order valence-electron chi connectivity index (χ0n) is 9.21. The number of pyridine rings is 1. The lowest BCUT2D eigenvalue weighted by Gasteiger charge is -2.08. The predicted molar refractivity (Wildman–Crippen MR) is 54.1 cm³/mol. The molecule has 0 aliphatic heterocycles. The summed E-state index contributed by atoms with van der Waals surface area (Å²) in [6.45, 7) is 0. The summed E-state index contributed by atoms with van der Waals surface area (Å²) in [5.74, 6) is -1.59. The number of esters is 2. The van der Waals surface area contributed by atoms with E-state index < -0.39 is 18.2 Å². The lowest BCUT2D eigenvalue weighted by Crippen LogP contribution is -2.13. The Morgan fingerprint density at radius 1 is 1.12 bits per heavy atom. The Labute approximate surface area is 96.6 Å². The Kier molecular flexibility index (Phi) is 4.13. The summed E-state index contributed by atoms with van der Waals surface area (Å²) in [7, 11) is 2.29. The van der Waals surface area contributed by atoms with Crippen molar-refractivity contribution in [3.05, 3.63) is 29.1 Å². The molecule has 7 heteroatoms. The number of hydrogen-bond acceptors (Lipinski definition) is 7. The predicted octanol–water partition coefficient (Wildman–Crippen LogP) is -0.362. The molecule has 0 atom stereocenters. The number of carbonyl (C=O) groups excluding carboxylic acids is 2. The third-order valence-electron chi connectivity index (χ3n) is 1.93. The highest BCUT2D eigenvalue weighted by Crippen LogP contribution is 2.14. The van der Waals surface area contributed by atoms with Gasteiger partial charge in [0.25, 0.3) is 0 Å². The molecule has 1 aromatic heterocycles. The van der Waals surface area contributed by atoms with Gasteiger partial charge in [-0.1, -0.05) is 0 Å². The molecule has 0 saturated heterocycles. The fourth-order valence-electron chi connectivity index (χ4n) is 1.12.